The molecule has 8 heteroatoms. The van der Waals surface area contributed by atoms with Crippen molar-refractivity contribution in [2.75, 3.05) is 24.3 Å². The zero-order valence-electron chi connectivity index (χ0n) is 11.2. The quantitative estimate of drug-likeness (QED) is 0.801. The molecule has 0 aromatic heterocycles. The molecule has 2 rings (SSSR count). The van der Waals surface area contributed by atoms with Gasteiger partial charge in [0.2, 0.25) is 10.0 Å². The summed E-state index contributed by atoms with van der Waals surface area (Å²) in [4.78, 5) is 0. The van der Waals surface area contributed by atoms with Crippen LogP contribution in [0.4, 0.5) is 5.69 Å². The fourth-order valence-corrected chi connectivity index (χ4v) is 5.62. The zero-order valence-corrected chi connectivity index (χ0v) is 12.8. The average molecular weight is 318 g/mol. The van der Waals surface area contributed by atoms with E-state index in [4.69, 9.17) is 5.73 Å². The first-order valence-electron chi connectivity index (χ1n) is 6.21. The first-order valence-corrected chi connectivity index (χ1v) is 9.64. The van der Waals surface area contributed by atoms with Crippen LogP contribution >= 0.6 is 0 Å². The molecular weight excluding hydrogens is 300 g/mol. The maximum Gasteiger partial charge on any atom is 0.218 e. The van der Waals surface area contributed by atoms with Gasteiger partial charge in [0.15, 0.2) is 9.84 Å². The first-order chi connectivity index (χ1) is 9.21. The molecule has 6 nitrogen and oxygen atoms in total. The minimum atomic E-state index is -3.58. The van der Waals surface area contributed by atoms with Gasteiger partial charge in [-0.2, -0.15) is 0 Å². The molecule has 0 amide bonds. The van der Waals surface area contributed by atoms with Gasteiger partial charge in [0.25, 0.3) is 0 Å². The predicted molar refractivity (Wildman–Crippen MR) is 78.3 cm³/mol. The van der Waals surface area contributed by atoms with Crippen molar-refractivity contribution in [1.29, 1.82) is 0 Å². The van der Waals surface area contributed by atoms with Gasteiger partial charge in [0, 0.05) is 18.8 Å². The van der Waals surface area contributed by atoms with Crippen LogP contribution < -0.4 is 5.73 Å². The number of anilines is 1. The van der Waals surface area contributed by atoms with Crippen molar-refractivity contribution >= 4 is 25.5 Å². The highest BCUT2D eigenvalue weighted by molar-refractivity contribution is 7.92. The molecule has 0 bridgehead atoms. The molecule has 0 saturated carbocycles. The normalized spacial score (nSPS) is 22.2. The van der Waals surface area contributed by atoms with E-state index in [2.05, 4.69) is 0 Å². The van der Waals surface area contributed by atoms with Crippen LogP contribution in [-0.4, -0.2) is 45.7 Å². The summed E-state index contributed by atoms with van der Waals surface area (Å²) in [5, 5.41) is 0. The Hall–Kier alpha value is -1.12. The predicted octanol–water partition coefficient (Wildman–Crippen LogP) is 0.217. The van der Waals surface area contributed by atoms with E-state index < -0.39 is 25.9 Å². The van der Waals surface area contributed by atoms with Crippen molar-refractivity contribution in [3.8, 4) is 0 Å². The SMILES string of the molecule is CN(C1CCS(=O)(=O)C1)S(=O)(=O)Cc1ccccc1N. The van der Waals surface area contributed by atoms with E-state index in [-0.39, 0.29) is 17.3 Å². The van der Waals surface area contributed by atoms with E-state index >= 15 is 0 Å². The Kier molecular flexibility index (Phi) is 4.08. The van der Waals surface area contributed by atoms with Gasteiger partial charge >= 0.3 is 0 Å². The van der Waals surface area contributed by atoms with E-state index in [0.29, 0.717) is 17.7 Å². The molecule has 20 heavy (non-hydrogen) atoms. The maximum absolute atomic E-state index is 12.3. The Labute approximate surface area is 119 Å². The van der Waals surface area contributed by atoms with E-state index in [0.717, 1.165) is 0 Å². The third kappa shape index (κ3) is 3.31. The molecule has 0 aliphatic carbocycles. The van der Waals surface area contributed by atoms with Crippen LogP contribution in [0.5, 0.6) is 0 Å². The molecule has 0 spiro atoms. The molecule has 1 heterocycles. The standard InChI is InChI=1S/C12H18N2O4S2/c1-14(11-6-7-19(15,16)9-11)20(17,18)8-10-4-2-3-5-12(10)13/h2-5,11H,6-9,13H2,1H3. The summed E-state index contributed by atoms with van der Waals surface area (Å²) < 4.78 is 48.7. The number of nitrogens with zero attached hydrogens (tertiary/aromatic N) is 1. The smallest absolute Gasteiger partial charge is 0.218 e. The fraction of sp³-hybridized carbons (Fsp3) is 0.500. The van der Waals surface area contributed by atoms with Gasteiger partial charge in [-0.25, -0.2) is 21.1 Å². The van der Waals surface area contributed by atoms with Gasteiger partial charge in [0.05, 0.1) is 17.3 Å². The molecule has 1 aromatic rings. The summed E-state index contributed by atoms with van der Waals surface area (Å²) in [6.07, 6.45) is 0.350. The molecule has 1 aromatic carbocycles. The Balaban J connectivity index is 2.17. The Morgan fingerprint density at radius 2 is 2.00 bits per heavy atom. The molecule has 1 aliphatic rings. The topological polar surface area (TPSA) is 97.5 Å². The van der Waals surface area contributed by atoms with Gasteiger partial charge in [-0.15, -0.1) is 0 Å². The Bertz CT molecular complexity index is 698. The van der Waals surface area contributed by atoms with E-state index in [1.807, 2.05) is 0 Å². The number of hydrogen-bond acceptors (Lipinski definition) is 5. The number of benzene rings is 1. The highest BCUT2D eigenvalue weighted by Crippen LogP contribution is 2.22. The van der Waals surface area contributed by atoms with Crippen molar-refractivity contribution < 1.29 is 16.8 Å². The number of rotatable bonds is 4. The van der Waals surface area contributed by atoms with E-state index in [1.54, 1.807) is 24.3 Å². The summed E-state index contributed by atoms with van der Waals surface area (Å²) in [6.45, 7) is 0. The van der Waals surface area contributed by atoms with Crippen molar-refractivity contribution in [2.24, 2.45) is 0 Å². The van der Waals surface area contributed by atoms with E-state index in [9.17, 15) is 16.8 Å². The lowest BCUT2D eigenvalue weighted by Gasteiger charge is -2.23. The van der Waals surface area contributed by atoms with Crippen LogP contribution in [0.2, 0.25) is 0 Å². The average Bonchev–Trinajstić information content (AvgIpc) is 2.71. The maximum atomic E-state index is 12.3. The lowest BCUT2D eigenvalue weighted by molar-refractivity contribution is 0.393. The summed E-state index contributed by atoms with van der Waals surface area (Å²) in [5.74, 6) is -0.273. The van der Waals surface area contributed by atoms with Crippen LogP contribution in [0.15, 0.2) is 24.3 Å². The third-order valence-electron chi connectivity index (χ3n) is 3.55. The molecule has 1 saturated heterocycles. The minimum absolute atomic E-state index is 0.0466. The Morgan fingerprint density at radius 1 is 1.35 bits per heavy atom. The number of sulfone groups is 1. The van der Waals surface area contributed by atoms with Crippen LogP contribution in [0.25, 0.3) is 0 Å². The van der Waals surface area contributed by atoms with Crippen LogP contribution in [0.1, 0.15) is 12.0 Å². The summed E-state index contributed by atoms with van der Waals surface area (Å²) in [6, 6.07) is 6.28. The number of nitrogens with two attached hydrogens (primary N) is 1. The number of hydrogen-bond donors (Lipinski definition) is 1. The van der Waals surface area contributed by atoms with Gasteiger partial charge in [0.1, 0.15) is 0 Å². The molecule has 112 valence electrons. The molecule has 0 radical (unpaired) electrons. The highest BCUT2D eigenvalue weighted by Gasteiger charge is 2.35. The van der Waals surface area contributed by atoms with Gasteiger partial charge in [-0.05, 0) is 18.1 Å². The molecule has 1 atom stereocenters. The van der Waals surface area contributed by atoms with Crippen LogP contribution in [-0.2, 0) is 25.6 Å². The van der Waals surface area contributed by atoms with Gasteiger partial charge in [-0.1, -0.05) is 18.2 Å². The second-order valence-corrected chi connectivity index (χ2v) is 9.29. The van der Waals surface area contributed by atoms with E-state index in [1.165, 1.54) is 11.4 Å². The number of nitrogen functional groups attached to an aromatic ring is 1. The summed E-state index contributed by atoms with van der Waals surface area (Å²) in [5.41, 5.74) is 6.69. The van der Waals surface area contributed by atoms with Crippen molar-refractivity contribution in [3.05, 3.63) is 29.8 Å². The molecular formula is C12H18N2O4S2. The van der Waals surface area contributed by atoms with Crippen molar-refractivity contribution in [1.82, 2.24) is 4.31 Å². The molecule has 2 N–H and O–H groups in total. The lowest BCUT2D eigenvalue weighted by atomic mass is 10.2. The van der Waals surface area contributed by atoms with Gasteiger partial charge < -0.3 is 5.73 Å². The van der Waals surface area contributed by atoms with Crippen molar-refractivity contribution in [3.63, 3.8) is 0 Å². The van der Waals surface area contributed by atoms with Gasteiger partial charge in [-0.3, -0.25) is 0 Å². The van der Waals surface area contributed by atoms with Crippen LogP contribution in [0, 0.1) is 0 Å². The minimum Gasteiger partial charge on any atom is -0.398 e. The Morgan fingerprint density at radius 3 is 2.55 bits per heavy atom. The molecule has 1 aliphatic heterocycles. The lowest BCUT2D eigenvalue weighted by Crippen LogP contribution is -2.38. The third-order valence-corrected chi connectivity index (χ3v) is 7.16. The summed E-state index contributed by atoms with van der Waals surface area (Å²) in [7, 11) is -5.26. The second-order valence-electron chi connectivity index (χ2n) is 5.03. The van der Waals surface area contributed by atoms with Crippen LogP contribution in [0.3, 0.4) is 0 Å². The molecule has 1 unspecified atom stereocenters. The highest BCUT2D eigenvalue weighted by atomic mass is 32.2. The zero-order chi connectivity index (χ0) is 15.0. The van der Waals surface area contributed by atoms with Crippen molar-refractivity contribution in [2.45, 2.75) is 18.2 Å². The second kappa shape index (κ2) is 5.34. The largest absolute Gasteiger partial charge is 0.398 e. The number of para-hydroxylation sites is 1. The fourth-order valence-electron chi connectivity index (χ4n) is 2.25. The molecule has 1 fully saturated rings. The first kappa shape index (κ1) is 15.3. The monoisotopic (exact) mass is 318 g/mol. The summed E-state index contributed by atoms with van der Waals surface area (Å²) >= 11 is 0. The number of sulfonamides is 1.